The van der Waals surface area contributed by atoms with Crippen LogP contribution in [0.15, 0.2) is 4.47 Å². The molecule has 1 fully saturated rings. The number of hydrogen-bond donors (Lipinski definition) is 1. The summed E-state index contributed by atoms with van der Waals surface area (Å²) in [5.74, 6) is 0.691. The maximum atomic E-state index is 5.98. The largest absolute Gasteiger partial charge is 0.329 e. The van der Waals surface area contributed by atoms with Gasteiger partial charge in [-0.1, -0.05) is 6.92 Å². The quantitative estimate of drug-likeness (QED) is 0.923. The molecule has 5 heteroatoms. The molecule has 1 aromatic heterocycles. The normalized spacial score (nSPS) is 24.9. The van der Waals surface area contributed by atoms with Gasteiger partial charge in [0, 0.05) is 25.7 Å². The van der Waals surface area contributed by atoms with Crippen molar-refractivity contribution < 1.29 is 0 Å². The summed E-state index contributed by atoms with van der Waals surface area (Å²) in [4.78, 5) is 2.53. The lowest BCUT2D eigenvalue weighted by molar-refractivity contribution is 0.0960. The summed E-state index contributed by atoms with van der Waals surface area (Å²) >= 11 is 3.68. The molecule has 1 aliphatic rings. The number of piperidine rings is 1. The van der Waals surface area contributed by atoms with Gasteiger partial charge < -0.3 is 5.73 Å². The molecule has 2 atom stereocenters. The van der Waals surface area contributed by atoms with Gasteiger partial charge in [-0.3, -0.25) is 9.58 Å². The summed E-state index contributed by atoms with van der Waals surface area (Å²) in [6.07, 6.45) is 2.57. The minimum absolute atomic E-state index is 0.501. The van der Waals surface area contributed by atoms with E-state index in [-0.39, 0.29) is 0 Å². The Hall–Kier alpha value is -0.390. The molecule has 0 amide bonds. The van der Waals surface area contributed by atoms with Crippen LogP contribution >= 0.6 is 15.9 Å². The summed E-state index contributed by atoms with van der Waals surface area (Å²) in [5, 5.41) is 4.58. The van der Waals surface area contributed by atoms with E-state index in [9.17, 15) is 0 Å². The summed E-state index contributed by atoms with van der Waals surface area (Å²) in [6, 6.07) is 0.501. The maximum Gasteiger partial charge on any atom is 0.0739 e. The second-order valence-electron chi connectivity index (χ2n) is 5.55. The molecule has 2 rings (SSSR count). The molecule has 19 heavy (non-hydrogen) atoms. The van der Waals surface area contributed by atoms with Gasteiger partial charge in [-0.25, -0.2) is 0 Å². The van der Waals surface area contributed by atoms with Crippen LogP contribution in [0.25, 0.3) is 0 Å². The zero-order valence-electron chi connectivity index (χ0n) is 12.2. The van der Waals surface area contributed by atoms with E-state index in [2.05, 4.69) is 51.4 Å². The predicted molar refractivity (Wildman–Crippen MR) is 82.0 cm³/mol. The molecule has 2 N–H and O–H groups in total. The van der Waals surface area contributed by atoms with Crippen molar-refractivity contribution in [1.82, 2.24) is 14.7 Å². The van der Waals surface area contributed by atoms with Crippen LogP contribution < -0.4 is 5.73 Å². The monoisotopic (exact) mass is 328 g/mol. The minimum Gasteiger partial charge on any atom is -0.329 e. The third-order valence-corrected chi connectivity index (χ3v) is 5.31. The second-order valence-corrected chi connectivity index (χ2v) is 6.35. The van der Waals surface area contributed by atoms with Crippen molar-refractivity contribution in [2.75, 3.05) is 13.1 Å². The van der Waals surface area contributed by atoms with Crippen molar-refractivity contribution in [3.63, 3.8) is 0 Å². The zero-order valence-corrected chi connectivity index (χ0v) is 13.8. The van der Waals surface area contributed by atoms with Gasteiger partial charge in [-0.15, -0.1) is 0 Å². The van der Waals surface area contributed by atoms with Crippen LogP contribution in [0.4, 0.5) is 0 Å². The van der Waals surface area contributed by atoms with Crippen LogP contribution in [0.1, 0.15) is 38.1 Å². The molecular formula is C14H25BrN4. The Labute approximate surface area is 124 Å². The SMILES string of the molecule is CCn1nc(C)c(Br)c1CN1CCCC(C)C1CN. The van der Waals surface area contributed by atoms with E-state index in [1.165, 1.54) is 18.5 Å². The fourth-order valence-corrected chi connectivity index (χ4v) is 3.53. The number of halogens is 1. The van der Waals surface area contributed by atoms with Crippen molar-refractivity contribution in [2.24, 2.45) is 11.7 Å². The van der Waals surface area contributed by atoms with Gasteiger partial charge in [0.25, 0.3) is 0 Å². The fraction of sp³-hybridized carbons (Fsp3) is 0.786. The van der Waals surface area contributed by atoms with Gasteiger partial charge in [0.05, 0.1) is 15.9 Å². The molecule has 1 aromatic rings. The number of aryl methyl sites for hydroxylation is 2. The maximum absolute atomic E-state index is 5.98. The number of rotatable bonds is 4. The number of likely N-dealkylation sites (tertiary alicyclic amines) is 1. The summed E-state index contributed by atoms with van der Waals surface area (Å²) in [5.41, 5.74) is 8.34. The van der Waals surface area contributed by atoms with Crippen LogP contribution in [-0.4, -0.2) is 33.8 Å². The Bertz CT molecular complexity index is 429. The lowest BCUT2D eigenvalue weighted by atomic mass is 9.90. The fourth-order valence-electron chi connectivity index (χ4n) is 3.12. The van der Waals surface area contributed by atoms with Crippen LogP contribution in [0.3, 0.4) is 0 Å². The molecule has 108 valence electrons. The lowest BCUT2D eigenvalue weighted by Gasteiger charge is -2.39. The summed E-state index contributed by atoms with van der Waals surface area (Å²) in [7, 11) is 0. The molecule has 0 saturated carbocycles. The van der Waals surface area contributed by atoms with Gasteiger partial charge in [-0.2, -0.15) is 5.10 Å². The van der Waals surface area contributed by atoms with Gasteiger partial charge in [0.15, 0.2) is 0 Å². The second kappa shape index (κ2) is 6.37. The molecule has 0 spiro atoms. The smallest absolute Gasteiger partial charge is 0.0739 e. The van der Waals surface area contributed by atoms with Gasteiger partial charge in [0.2, 0.25) is 0 Å². The van der Waals surface area contributed by atoms with Gasteiger partial charge in [-0.05, 0) is 55.1 Å². The van der Waals surface area contributed by atoms with Gasteiger partial charge in [0.1, 0.15) is 0 Å². The zero-order chi connectivity index (χ0) is 14.0. The predicted octanol–water partition coefficient (Wildman–Crippen LogP) is 2.53. The average molecular weight is 329 g/mol. The standard InChI is InChI=1S/C14H25BrN4/c1-4-19-13(14(15)11(3)17-19)9-18-7-5-6-10(2)12(18)8-16/h10,12H,4-9,16H2,1-3H3. The average Bonchev–Trinajstić information content (AvgIpc) is 2.67. The molecule has 0 bridgehead atoms. The van der Waals surface area contributed by atoms with E-state index in [1.54, 1.807) is 0 Å². The first-order valence-corrected chi connectivity index (χ1v) is 8.03. The summed E-state index contributed by atoms with van der Waals surface area (Å²) < 4.78 is 3.26. The Balaban J connectivity index is 2.20. The first kappa shape index (κ1) is 15.0. The highest BCUT2D eigenvalue weighted by molar-refractivity contribution is 9.10. The van der Waals surface area contributed by atoms with Gasteiger partial charge >= 0.3 is 0 Å². The van der Waals surface area contributed by atoms with E-state index in [4.69, 9.17) is 5.73 Å². The minimum atomic E-state index is 0.501. The third kappa shape index (κ3) is 3.03. The lowest BCUT2D eigenvalue weighted by Crippen LogP contribution is -2.48. The Morgan fingerprint density at radius 3 is 2.84 bits per heavy atom. The number of nitrogens with two attached hydrogens (primary N) is 1. The first-order chi connectivity index (χ1) is 9.08. The topological polar surface area (TPSA) is 47.1 Å². The van der Waals surface area contributed by atoms with E-state index in [0.29, 0.717) is 12.0 Å². The number of nitrogens with zero attached hydrogens (tertiary/aromatic N) is 3. The highest BCUT2D eigenvalue weighted by atomic mass is 79.9. The Morgan fingerprint density at radius 1 is 1.47 bits per heavy atom. The summed E-state index contributed by atoms with van der Waals surface area (Å²) in [6.45, 7) is 10.3. The van der Waals surface area contributed by atoms with E-state index in [0.717, 1.165) is 36.3 Å². The molecule has 1 saturated heterocycles. The Kier molecular flexibility index (Phi) is 5.03. The van der Waals surface area contributed by atoms with E-state index < -0.39 is 0 Å². The van der Waals surface area contributed by atoms with Crippen LogP contribution in [0, 0.1) is 12.8 Å². The number of hydrogen-bond acceptors (Lipinski definition) is 3. The molecule has 0 aromatic carbocycles. The molecule has 0 radical (unpaired) electrons. The van der Waals surface area contributed by atoms with Crippen molar-refractivity contribution in [3.8, 4) is 0 Å². The van der Waals surface area contributed by atoms with E-state index >= 15 is 0 Å². The van der Waals surface area contributed by atoms with Crippen molar-refractivity contribution >= 4 is 15.9 Å². The van der Waals surface area contributed by atoms with Crippen LogP contribution in [0.2, 0.25) is 0 Å². The first-order valence-electron chi connectivity index (χ1n) is 7.24. The van der Waals surface area contributed by atoms with Crippen molar-refractivity contribution in [2.45, 2.75) is 52.7 Å². The van der Waals surface area contributed by atoms with E-state index in [1.807, 2.05) is 0 Å². The highest BCUT2D eigenvalue weighted by Crippen LogP contribution is 2.28. The molecule has 4 nitrogen and oxygen atoms in total. The van der Waals surface area contributed by atoms with Crippen molar-refractivity contribution in [1.29, 1.82) is 0 Å². The molecule has 1 aliphatic heterocycles. The molecule has 2 unspecified atom stereocenters. The number of aromatic nitrogens is 2. The molecule has 0 aliphatic carbocycles. The third-order valence-electron chi connectivity index (χ3n) is 4.28. The highest BCUT2D eigenvalue weighted by Gasteiger charge is 2.28. The van der Waals surface area contributed by atoms with Crippen molar-refractivity contribution in [3.05, 3.63) is 15.9 Å². The molecule has 2 heterocycles. The Morgan fingerprint density at radius 2 is 2.21 bits per heavy atom. The van der Waals surface area contributed by atoms with Crippen LogP contribution in [0.5, 0.6) is 0 Å². The van der Waals surface area contributed by atoms with Crippen LogP contribution in [-0.2, 0) is 13.1 Å². The molecular weight excluding hydrogens is 304 g/mol.